The first-order valence-corrected chi connectivity index (χ1v) is 6.81. The van der Waals surface area contributed by atoms with Gasteiger partial charge in [-0.3, -0.25) is 0 Å². The van der Waals surface area contributed by atoms with E-state index in [4.69, 9.17) is 16.3 Å². The molecule has 0 radical (unpaired) electrons. The zero-order valence-corrected chi connectivity index (χ0v) is 11.7. The Balaban J connectivity index is 2.07. The summed E-state index contributed by atoms with van der Waals surface area (Å²) in [4.78, 5) is 12.0. The van der Waals surface area contributed by atoms with Gasteiger partial charge in [0.05, 0.1) is 6.61 Å². The molecule has 0 bridgehead atoms. The van der Waals surface area contributed by atoms with Crippen LogP contribution in [0.15, 0.2) is 10.8 Å². The Labute approximate surface area is 114 Å². The molecule has 0 spiro atoms. The van der Waals surface area contributed by atoms with Crippen molar-refractivity contribution in [3.63, 3.8) is 0 Å². The zero-order chi connectivity index (χ0) is 13.0. The normalized spacial score (nSPS) is 10.4. The first kappa shape index (κ1) is 13.0. The van der Waals surface area contributed by atoms with Crippen molar-refractivity contribution in [1.29, 1.82) is 0 Å². The second kappa shape index (κ2) is 5.97. The van der Waals surface area contributed by atoms with E-state index in [-0.39, 0.29) is 11.3 Å². The van der Waals surface area contributed by atoms with Crippen molar-refractivity contribution in [2.24, 2.45) is 0 Å². The summed E-state index contributed by atoms with van der Waals surface area (Å²) >= 11 is 7.47. The topological polar surface area (TPSA) is 59.9 Å². The summed E-state index contributed by atoms with van der Waals surface area (Å²) in [6.45, 7) is 5.07. The molecule has 0 fully saturated rings. The maximum Gasteiger partial charge on any atom is 0.322 e. The molecule has 7 heteroatoms. The molecule has 2 aromatic rings. The minimum absolute atomic E-state index is 0.123. The molecule has 0 atom stereocenters. The van der Waals surface area contributed by atoms with Gasteiger partial charge in [0.15, 0.2) is 0 Å². The van der Waals surface area contributed by atoms with Gasteiger partial charge in [0, 0.05) is 6.54 Å². The molecule has 5 nitrogen and oxygen atoms in total. The Hall–Kier alpha value is -1.40. The molecule has 0 aliphatic rings. The molecule has 96 valence electrons. The molecule has 0 aromatic carbocycles. The summed E-state index contributed by atoms with van der Waals surface area (Å²) in [5.74, 6) is 0.420. The molecule has 0 amide bonds. The number of hydrogen-bond acceptors (Lipinski definition) is 6. The average molecular weight is 285 g/mol. The maximum absolute atomic E-state index is 5.80. The molecule has 2 heterocycles. The van der Waals surface area contributed by atoms with Gasteiger partial charge < -0.3 is 10.1 Å². The monoisotopic (exact) mass is 284 g/mol. The first-order chi connectivity index (χ1) is 8.69. The van der Waals surface area contributed by atoms with Gasteiger partial charge in [-0.05, 0) is 47.3 Å². The highest BCUT2D eigenvalue weighted by Gasteiger charge is 2.06. The smallest absolute Gasteiger partial charge is 0.322 e. The number of nitrogens with one attached hydrogen (secondary N) is 1. The number of hydrogen-bond donors (Lipinski definition) is 1. The van der Waals surface area contributed by atoms with Gasteiger partial charge >= 0.3 is 6.01 Å². The van der Waals surface area contributed by atoms with Gasteiger partial charge in [0.25, 0.3) is 0 Å². The molecular weight excluding hydrogens is 272 g/mol. The van der Waals surface area contributed by atoms with Crippen molar-refractivity contribution in [2.45, 2.75) is 20.4 Å². The van der Waals surface area contributed by atoms with Crippen molar-refractivity contribution in [3.8, 4) is 6.01 Å². The van der Waals surface area contributed by atoms with Gasteiger partial charge in [0.2, 0.25) is 11.2 Å². The third-order valence-corrected chi connectivity index (χ3v) is 3.34. The van der Waals surface area contributed by atoms with E-state index in [0.717, 1.165) is 0 Å². The fourth-order valence-corrected chi connectivity index (χ4v) is 2.36. The number of thiophene rings is 1. The lowest BCUT2D eigenvalue weighted by Gasteiger charge is -2.06. The second-order valence-corrected chi connectivity index (χ2v) is 4.66. The van der Waals surface area contributed by atoms with Gasteiger partial charge in [-0.1, -0.05) is 0 Å². The van der Waals surface area contributed by atoms with Crippen LogP contribution in [-0.2, 0) is 6.54 Å². The molecule has 0 saturated carbocycles. The van der Waals surface area contributed by atoms with Crippen molar-refractivity contribution in [1.82, 2.24) is 15.0 Å². The highest BCUT2D eigenvalue weighted by Crippen LogP contribution is 2.16. The molecule has 18 heavy (non-hydrogen) atoms. The number of anilines is 1. The first-order valence-electron chi connectivity index (χ1n) is 5.49. The Kier molecular flexibility index (Phi) is 4.33. The van der Waals surface area contributed by atoms with E-state index in [1.807, 2.05) is 6.92 Å². The van der Waals surface area contributed by atoms with Crippen LogP contribution < -0.4 is 10.1 Å². The van der Waals surface area contributed by atoms with E-state index in [9.17, 15) is 0 Å². The molecule has 0 aliphatic carbocycles. The standard InChI is InChI=1S/C11H13ClN4OS/c1-3-17-11-15-9(12)14-10(16-11)13-4-8-6-18-5-7(8)2/h5-6H,3-4H2,1-2H3,(H,13,14,15,16). The molecular formula is C11H13ClN4OS. The molecule has 2 rings (SSSR count). The van der Waals surface area contributed by atoms with Crippen LogP contribution in [0.5, 0.6) is 6.01 Å². The molecule has 1 N–H and O–H groups in total. The van der Waals surface area contributed by atoms with E-state index in [1.165, 1.54) is 11.1 Å². The van der Waals surface area contributed by atoms with Crippen molar-refractivity contribution in [3.05, 3.63) is 27.2 Å². The van der Waals surface area contributed by atoms with Crippen LogP contribution in [0.2, 0.25) is 5.28 Å². The third kappa shape index (κ3) is 3.30. The van der Waals surface area contributed by atoms with E-state index < -0.39 is 0 Å². The van der Waals surface area contributed by atoms with Crippen LogP contribution >= 0.6 is 22.9 Å². The lowest BCUT2D eigenvalue weighted by Crippen LogP contribution is -2.07. The third-order valence-electron chi connectivity index (χ3n) is 2.26. The Morgan fingerprint density at radius 2 is 2.17 bits per heavy atom. The number of halogens is 1. The van der Waals surface area contributed by atoms with Crippen molar-refractivity contribution in [2.75, 3.05) is 11.9 Å². The number of nitrogens with zero attached hydrogens (tertiary/aromatic N) is 3. The number of aromatic nitrogens is 3. The van der Waals surface area contributed by atoms with Crippen LogP contribution in [0.4, 0.5) is 5.95 Å². The van der Waals surface area contributed by atoms with E-state index >= 15 is 0 Å². The van der Waals surface area contributed by atoms with Gasteiger partial charge in [-0.25, -0.2) is 0 Å². The molecule has 0 unspecified atom stereocenters. The summed E-state index contributed by atoms with van der Waals surface area (Å²) in [5.41, 5.74) is 2.46. The summed E-state index contributed by atoms with van der Waals surface area (Å²) in [5, 5.41) is 7.42. The largest absolute Gasteiger partial charge is 0.464 e. The molecule has 0 saturated heterocycles. The fraction of sp³-hybridized carbons (Fsp3) is 0.364. The van der Waals surface area contributed by atoms with Gasteiger partial charge in [-0.2, -0.15) is 26.3 Å². The Morgan fingerprint density at radius 3 is 2.83 bits per heavy atom. The van der Waals surface area contributed by atoms with Crippen LogP contribution in [0.25, 0.3) is 0 Å². The van der Waals surface area contributed by atoms with E-state index in [2.05, 4.69) is 38.0 Å². The van der Waals surface area contributed by atoms with Crippen molar-refractivity contribution < 1.29 is 4.74 Å². The number of rotatable bonds is 5. The highest BCUT2D eigenvalue weighted by atomic mass is 35.5. The minimum Gasteiger partial charge on any atom is -0.464 e. The van der Waals surface area contributed by atoms with Gasteiger partial charge in [0.1, 0.15) is 0 Å². The maximum atomic E-state index is 5.80. The molecule has 2 aromatic heterocycles. The second-order valence-electron chi connectivity index (χ2n) is 3.58. The zero-order valence-electron chi connectivity index (χ0n) is 10.1. The average Bonchev–Trinajstić information content (AvgIpc) is 2.72. The van der Waals surface area contributed by atoms with E-state index in [0.29, 0.717) is 19.1 Å². The number of aryl methyl sites for hydroxylation is 1. The highest BCUT2D eigenvalue weighted by molar-refractivity contribution is 7.08. The van der Waals surface area contributed by atoms with Crippen LogP contribution in [0.1, 0.15) is 18.1 Å². The van der Waals surface area contributed by atoms with Crippen LogP contribution in [0.3, 0.4) is 0 Å². The lowest BCUT2D eigenvalue weighted by molar-refractivity contribution is 0.312. The fourth-order valence-electron chi connectivity index (χ4n) is 1.35. The minimum atomic E-state index is 0.123. The predicted molar refractivity (Wildman–Crippen MR) is 72.4 cm³/mol. The summed E-state index contributed by atoms with van der Waals surface area (Å²) in [7, 11) is 0. The van der Waals surface area contributed by atoms with Gasteiger partial charge in [-0.15, -0.1) is 0 Å². The number of ether oxygens (including phenoxy) is 1. The summed E-state index contributed by atoms with van der Waals surface area (Å²) in [6.07, 6.45) is 0. The molecule has 0 aliphatic heterocycles. The predicted octanol–water partition coefficient (Wildman–Crippen LogP) is 2.91. The lowest BCUT2D eigenvalue weighted by atomic mass is 10.2. The van der Waals surface area contributed by atoms with Crippen LogP contribution in [0, 0.1) is 6.92 Å². The Morgan fingerprint density at radius 1 is 1.33 bits per heavy atom. The van der Waals surface area contributed by atoms with Crippen LogP contribution in [-0.4, -0.2) is 21.6 Å². The summed E-state index contributed by atoms with van der Waals surface area (Å²) < 4.78 is 5.20. The Bertz CT molecular complexity index is 532. The summed E-state index contributed by atoms with van der Waals surface area (Å²) in [6, 6.07) is 0.238. The SMILES string of the molecule is CCOc1nc(Cl)nc(NCc2cscc2C)n1. The van der Waals surface area contributed by atoms with E-state index in [1.54, 1.807) is 11.3 Å². The van der Waals surface area contributed by atoms with Crippen molar-refractivity contribution >= 4 is 28.9 Å². The quantitative estimate of drug-likeness (QED) is 0.915.